The lowest BCUT2D eigenvalue weighted by atomic mass is 10.1. The molecule has 1 amide bonds. The van der Waals surface area contributed by atoms with Crippen LogP contribution >= 0.6 is 0 Å². The average Bonchev–Trinajstić information content (AvgIpc) is 3.00. The van der Waals surface area contributed by atoms with Crippen LogP contribution in [-0.4, -0.2) is 20.7 Å². The van der Waals surface area contributed by atoms with Gasteiger partial charge in [0.2, 0.25) is 0 Å². The van der Waals surface area contributed by atoms with Gasteiger partial charge in [-0.05, 0) is 51.5 Å². The third-order valence-electron chi connectivity index (χ3n) is 4.22. The zero-order valence-corrected chi connectivity index (χ0v) is 15.0. The van der Waals surface area contributed by atoms with Crippen molar-refractivity contribution in [2.45, 2.75) is 39.8 Å². The van der Waals surface area contributed by atoms with Gasteiger partial charge in [-0.25, -0.2) is 18.4 Å². The lowest BCUT2D eigenvalue weighted by Gasteiger charge is -2.15. The Hall–Kier alpha value is -2.83. The second kappa shape index (κ2) is 6.82. The molecule has 2 aromatic heterocycles. The molecule has 1 atom stereocenters. The first-order valence-corrected chi connectivity index (χ1v) is 8.38. The zero-order chi connectivity index (χ0) is 19.0. The number of amides is 1. The van der Waals surface area contributed by atoms with Gasteiger partial charge < -0.3 is 5.32 Å². The predicted octanol–water partition coefficient (Wildman–Crippen LogP) is 4.09. The predicted molar refractivity (Wildman–Crippen MR) is 94.9 cm³/mol. The molecule has 136 valence electrons. The molecule has 1 aromatic carbocycles. The van der Waals surface area contributed by atoms with Gasteiger partial charge in [0.25, 0.3) is 5.91 Å². The number of hydrogen-bond acceptors (Lipinski definition) is 3. The Morgan fingerprint density at radius 2 is 1.88 bits per heavy atom. The molecule has 0 aliphatic rings. The quantitative estimate of drug-likeness (QED) is 0.764. The highest BCUT2D eigenvalue weighted by Gasteiger charge is 2.19. The minimum Gasteiger partial charge on any atom is -0.345 e. The summed E-state index contributed by atoms with van der Waals surface area (Å²) in [6.07, 6.45) is 1.62. The lowest BCUT2D eigenvalue weighted by Crippen LogP contribution is -2.27. The first kappa shape index (κ1) is 18.0. The fourth-order valence-corrected chi connectivity index (χ4v) is 2.85. The first-order chi connectivity index (χ1) is 12.3. The smallest absolute Gasteiger partial charge is 0.252 e. The van der Waals surface area contributed by atoms with Crippen molar-refractivity contribution in [3.05, 3.63) is 58.9 Å². The molecular weight excluding hydrogens is 338 g/mol. The van der Waals surface area contributed by atoms with E-state index in [0.717, 1.165) is 12.1 Å². The number of fused-ring (bicyclic) bond motifs is 1. The van der Waals surface area contributed by atoms with E-state index in [2.05, 4.69) is 15.4 Å². The number of aromatic nitrogens is 3. The van der Waals surface area contributed by atoms with Crippen LogP contribution in [0.5, 0.6) is 0 Å². The van der Waals surface area contributed by atoms with Gasteiger partial charge >= 0.3 is 0 Å². The third kappa shape index (κ3) is 3.29. The average molecular weight is 358 g/mol. The summed E-state index contributed by atoms with van der Waals surface area (Å²) in [7, 11) is 0. The summed E-state index contributed by atoms with van der Waals surface area (Å²) in [4.78, 5) is 17.3. The molecule has 0 fully saturated rings. The standard InChI is InChI=1S/C19H20F2N4O/c1-10(2)25-18-15(9-22-25)14(7-11(3)23-18)19(26)24-12(4)13-5-6-16(20)17(21)8-13/h5-10,12H,1-4H3,(H,24,26)/t12-/m0/s1. The zero-order valence-electron chi connectivity index (χ0n) is 15.0. The Kier molecular flexibility index (Phi) is 4.71. The Labute approximate surface area is 150 Å². The normalized spacial score (nSPS) is 12.6. The van der Waals surface area contributed by atoms with Gasteiger partial charge in [0.1, 0.15) is 0 Å². The molecule has 5 nitrogen and oxygen atoms in total. The van der Waals surface area contributed by atoms with Crippen LogP contribution in [0.3, 0.4) is 0 Å². The van der Waals surface area contributed by atoms with Crippen molar-refractivity contribution in [3.8, 4) is 0 Å². The summed E-state index contributed by atoms with van der Waals surface area (Å²) in [5.74, 6) is -2.18. The molecule has 1 N–H and O–H groups in total. The van der Waals surface area contributed by atoms with Crippen molar-refractivity contribution in [3.63, 3.8) is 0 Å². The number of pyridine rings is 1. The maximum atomic E-state index is 13.4. The van der Waals surface area contributed by atoms with Crippen LogP contribution in [0.2, 0.25) is 0 Å². The molecule has 0 bridgehead atoms. The summed E-state index contributed by atoms with van der Waals surface area (Å²) < 4.78 is 28.3. The van der Waals surface area contributed by atoms with Crippen molar-refractivity contribution in [2.24, 2.45) is 0 Å². The summed E-state index contributed by atoms with van der Waals surface area (Å²) >= 11 is 0. The van der Waals surface area contributed by atoms with Crippen molar-refractivity contribution < 1.29 is 13.6 Å². The molecule has 0 radical (unpaired) electrons. The van der Waals surface area contributed by atoms with Crippen LogP contribution in [0, 0.1) is 18.6 Å². The maximum Gasteiger partial charge on any atom is 0.252 e. The number of nitrogens with zero attached hydrogens (tertiary/aromatic N) is 3. The minimum atomic E-state index is -0.941. The molecule has 3 aromatic rings. The van der Waals surface area contributed by atoms with Crippen molar-refractivity contribution >= 4 is 16.9 Å². The van der Waals surface area contributed by atoms with Gasteiger partial charge in [-0.15, -0.1) is 0 Å². The molecule has 2 heterocycles. The molecule has 0 spiro atoms. The minimum absolute atomic E-state index is 0.110. The van der Waals surface area contributed by atoms with Crippen LogP contribution in [0.4, 0.5) is 8.78 Å². The number of halogens is 2. The monoisotopic (exact) mass is 358 g/mol. The summed E-state index contributed by atoms with van der Waals surface area (Å²) in [6.45, 7) is 7.50. The largest absolute Gasteiger partial charge is 0.345 e. The van der Waals surface area contributed by atoms with Crippen LogP contribution < -0.4 is 5.32 Å². The topological polar surface area (TPSA) is 59.8 Å². The second-order valence-corrected chi connectivity index (χ2v) is 6.60. The van der Waals surface area contributed by atoms with Gasteiger partial charge in [-0.1, -0.05) is 6.07 Å². The Morgan fingerprint density at radius 3 is 2.54 bits per heavy atom. The molecule has 3 rings (SSSR count). The number of carbonyl (C=O) groups excluding carboxylic acids is 1. The highest BCUT2D eigenvalue weighted by Crippen LogP contribution is 2.22. The van der Waals surface area contributed by atoms with Gasteiger partial charge in [-0.3, -0.25) is 4.79 Å². The Morgan fingerprint density at radius 1 is 1.15 bits per heavy atom. The highest BCUT2D eigenvalue weighted by molar-refractivity contribution is 6.05. The number of rotatable bonds is 4. The van der Waals surface area contributed by atoms with Crippen LogP contribution in [-0.2, 0) is 0 Å². The molecule has 0 saturated heterocycles. The molecule has 0 unspecified atom stereocenters. The number of benzene rings is 1. The van der Waals surface area contributed by atoms with E-state index in [0.29, 0.717) is 27.9 Å². The van der Waals surface area contributed by atoms with E-state index in [1.165, 1.54) is 6.07 Å². The van der Waals surface area contributed by atoms with E-state index >= 15 is 0 Å². The van der Waals surface area contributed by atoms with Crippen molar-refractivity contribution in [1.82, 2.24) is 20.1 Å². The second-order valence-electron chi connectivity index (χ2n) is 6.60. The summed E-state index contributed by atoms with van der Waals surface area (Å²) in [6, 6.07) is 4.91. The molecule has 0 aliphatic heterocycles. The number of hydrogen-bond donors (Lipinski definition) is 1. The van der Waals surface area contributed by atoms with E-state index in [9.17, 15) is 13.6 Å². The van der Waals surface area contributed by atoms with Crippen LogP contribution in [0.15, 0.2) is 30.5 Å². The number of carbonyl (C=O) groups is 1. The molecular formula is C19H20F2N4O. The van der Waals surface area contributed by atoms with E-state index in [-0.39, 0.29) is 11.9 Å². The van der Waals surface area contributed by atoms with Crippen LogP contribution in [0.25, 0.3) is 11.0 Å². The SMILES string of the molecule is Cc1cc(C(=O)N[C@@H](C)c2ccc(F)c(F)c2)c2cnn(C(C)C)c2n1. The lowest BCUT2D eigenvalue weighted by molar-refractivity contribution is 0.0941. The van der Waals surface area contributed by atoms with Crippen molar-refractivity contribution in [2.75, 3.05) is 0 Å². The van der Waals surface area contributed by atoms with Crippen LogP contribution in [0.1, 0.15) is 54.5 Å². The number of nitrogens with one attached hydrogen (secondary N) is 1. The number of aryl methyl sites for hydroxylation is 1. The molecule has 0 saturated carbocycles. The van der Waals surface area contributed by atoms with Gasteiger partial charge in [0.15, 0.2) is 17.3 Å². The summed E-state index contributed by atoms with van der Waals surface area (Å²) in [5, 5.41) is 7.80. The molecule has 0 aliphatic carbocycles. The Balaban J connectivity index is 1.93. The van der Waals surface area contributed by atoms with E-state index in [4.69, 9.17) is 0 Å². The maximum absolute atomic E-state index is 13.4. The van der Waals surface area contributed by atoms with E-state index in [1.54, 1.807) is 23.9 Å². The Bertz CT molecular complexity index is 981. The van der Waals surface area contributed by atoms with E-state index in [1.807, 2.05) is 20.8 Å². The fourth-order valence-electron chi connectivity index (χ4n) is 2.85. The van der Waals surface area contributed by atoms with Gasteiger partial charge in [-0.2, -0.15) is 5.10 Å². The molecule has 7 heteroatoms. The first-order valence-electron chi connectivity index (χ1n) is 8.38. The summed E-state index contributed by atoms with van der Waals surface area (Å²) in [5.41, 5.74) is 2.28. The van der Waals surface area contributed by atoms with E-state index < -0.39 is 17.7 Å². The third-order valence-corrected chi connectivity index (χ3v) is 4.22. The fraction of sp³-hybridized carbons (Fsp3) is 0.316. The molecule has 26 heavy (non-hydrogen) atoms. The van der Waals surface area contributed by atoms with Crippen molar-refractivity contribution in [1.29, 1.82) is 0 Å². The van der Waals surface area contributed by atoms with Gasteiger partial charge in [0.05, 0.1) is 23.2 Å². The highest BCUT2D eigenvalue weighted by atomic mass is 19.2. The van der Waals surface area contributed by atoms with Gasteiger partial charge in [0, 0.05) is 11.7 Å².